The summed E-state index contributed by atoms with van der Waals surface area (Å²) in [7, 11) is 0. The second-order valence-corrected chi connectivity index (χ2v) is 3.02. The largest absolute Gasteiger partial charge is 0.480 e. The fraction of sp³-hybridized carbons (Fsp3) is 0.300. The van der Waals surface area contributed by atoms with E-state index >= 15 is 0 Å². The van der Waals surface area contributed by atoms with Gasteiger partial charge in [0.2, 0.25) is 0 Å². The number of halogens is 2. The molecule has 1 aromatic carbocycles. The van der Waals surface area contributed by atoms with Gasteiger partial charge in [-0.2, -0.15) is 8.78 Å². The third-order valence-corrected chi connectivity index (χ3v) is 1.75. The van der Waals surface area contributed by atoms with Crippen LogP contribution in [0.4, 0.5) is 8.78 Å². The Morgan fingerprint density at radius 3 is 2.50 bits per heavy atom. The first-order chi connectivity index (χ1) is 7.58. The summed E-state index contributed by atoms with van der Waals surface area (Å²) in [5, 5.41) is 11.0. The molecule has 0 aliphatic rings. The van der Waals surface area contributed by atoms with Crippen molar-refractivity contribution < 1.29 is 23.4 Å². The Bertz CT molecular complexity index is 340. The zero-order valence-electron chi connectivity index (χ0n) is 8.32. The van der Waals surface area contributed by atoms with Gasteiger partial charge in [-0.15, -0.1) is 0 Å². The van der Waals surface area contributed by atoms with Crippen LogP contribution in [0.2, 0.25) is 0 Å². The highest BCUT2D eigenvalue weighted by Gasteiger charge is 2.03. The summed E-state index contributed by atoms with van der Waals surface area (Å²) >= 11 is 0. The minimum Gasteiger partial charge on any atom is -0.480 e. The van der Waals surface area contributed by atoms with E-state index in [-0.39, 0.29) is 12.3 Å². The quantitative estimate of drug-likeness (QED) is 0.778. The average molecular weight is 231 g/mol. The van der Waals surface area contributed by atoms with Crippen LogP contribution in [0.1, 0.15) is 5.56 Å². The lowest BCUT2D eigenvalue weighted by Gasteiger charge is -2.06. The summed E-state index contributed by atoms with van der Waals surface area (Å²) in [4.78, 5) is 10.2. The molecule has 1 aromatic rings. The van der Waals surface area contributed by atoms with Crippen LogP contribution in [0.3, 0.4) is 0 Å². The lowest BCUT2D eigenvalue weighted by atomic mass is 10.2. The first-order valence-electron chi connectivity index (χ1n) is 4.54. The monoisotopic (exact) mass is 231 g/mol. The summed E-state index contributed by atoms with van der Waals surface area (Å²) in [6.07, 6.45) is 0. The normalized spacial score (nSPS) is 10.4. The van der Waals surface area contributed by atoms with E-state index in [0.29, 0.717) is 6.54 Å². The average Bonchev–Trinajstić information content (AvgIpc) is 2.19. The van der Waals surface area contributed by atoms with Crippen molar-refractivity contribution >= 4 is 5.97 Å². The minimum atomic E-state index is -2.84. The molecule has 0 radical (unpaired) electrons. The molecule has 0 aliphatic heterocycles. The number of rotatable bonds is 6. The zero-order chi connectivity index (χ0) is 12.0. The number of carboxylic acid groups (broad SMARTS) is 1. The molecular formula is C10H11F2NO3. The molecule has 0 atom stereocenters. The molecule has 0 saturated heterocycles. The molecule has 0 spiro atoms. The van der Waals surface area contributed by atoms with E-state index in [4.69, 9.17) is 5.11 Å². The van der Waals surface area contributed by atoms with Gasteiger partial charge in [0, 0.05) is 6.54 Å². The van der Waals surface area contributed by atoms with Gasteiger partial charge in [0.15, 0.2) is 0 Å². The highest BCUT2D eigenvalue weighted by molar-refractivity contribution is 5.68. The number of alkyl halides is 2. The van der Waals surface area contributed by atoms with Gasteiger partial charge in [0.05, 0.1) is 6.54 Å². The van der Waals surface area contributed by atoms with Gasteiger partial charge < -0.3 is 15.2 Å². The van der Waals surface area contributed by atoms with Crippen LogP contribution in [-0.2, 0) is 11.3 Å². The Balaban J connectivity index is 2.42. The number of hydrogen-bond acceptors (Lipinski definition) is 3. The molecule has 1 rings (SSSR count). The molecule has 0 fully saturated rings. The van der Waals surface area contributed by atoms with Crippen LogP contribution < -0.4 is 10.1 Å². The van der Waals surface area contributed by atoms with Crippen molar-refractivity contribution in [1.82, 2.24) is 5.32 Å². The number of aliphatic carboxylic acids is 1. The second-order valence-electron chi connectivity index (χ2n) is 3.02. The van der Waals surface area contributed by atoms with Crippen molar-refractivity contribution in [2.75, 3.05) is 6.54 Å². The van der Waals surface area contributed by atoms with Crippen molar-refractivity contribution in [2.45, 2.75) is 13.2 Å². The first kappa shape index (κ1) is 12.4. The molecule has 0 saturated carbocycles. The molecule has 0 heterocycles. The number of hydrogen-bond donors (Lipinski definition) is 2. The van der Waals surface area contributed by atoms with Crippen LogP contribution in [0.25, 0.3) is 0 Å². The number of nitrogens with one attached hydrogen (secondary N) is 1. The SMILES string of the molecule is O=C(O)CNCc1ccc(OC(F)F)cc1. The van der Waals surface area contributed by atoms with E-state index < -0.39 is 12.6 Å². The molecule has 6 heteroatoms. The first-order valence-corrected chi connectivity index (χ1v) is 4.54. The van der Waals surface area contributed by atoms with Crippen LogP contribution in [0.15, 0.2) is 24.3 Å². The summed E-state index contributed by atoms with van der Waals surface area (Å²) in [5.74, 6) is -0.866. The van der Waals surface area contributed by atoms with Gasteiger partial charge in [-0.3, -0.25) is 4.79 Å². The van der Waals surface area contributed by atoms with Crippen LogP contribution in [0, 0.1) is 0 Å². The standard InChI is InChI=1S/C10H11F2NO3/c11-10(12)16-8-3-1-7(2-4-8)5-13-6-9(14)15/h1-4,10,13H,5-6H2,(H,14,15). The lowest BCUT2D eigenvalue weighted by molar-refractivity contribution is -0.136. The smallest absolute Gasteiger partial charge is 0.387 e. The van der Waals surface area contributed by atoms with E-state index in [1.807, 2.05) is 0 Å². The van der Waals surface area contributed by atoms with Crippen molar-refractivity contribution in [3.8, 4) is 5.75 Å². The van der Waals surface area contributed by atoms with Gasteiger partial charge in [0.25, 0.3) is 0 Å². The third-order valence-electron chi connectivity index (χ3n) is 1.75. The highest BCUT2D eigenvalue weighted by Crippen LogP contribution is 2.14. The van der Waals surface area contributed by atoms with Crippen LogP contribution >= 0.6 is 0 Å². The van der Waals surface area contributed by atoms with Crippen molar-refractivity contribution in [3.05, 3.63) is 29.8 Å². The van der Waals surface area contributed by atoms with Gasteiger partial charge in [0.1, 0.15) is 5.75 Å². The van der Waals surface area contributed by atoms with E-state index in [2.05, 4.69) is 10.1 Å². The fourth-order valence-corrected chi connectivity index (χ4v) is 1.10. The van der Waals surface area contributed by atoms with Gasteiger partial charge in [-0.25, -0.2) is 0 Å². The van der Waals surface area contributed by atoms with E-state index in [1.165, 1.54) is 12.1 Å². The highest BCUT2D eigenvalue weighted by atomic mass is 19.3. The summed E-state index contributed by atoms with van der Waals surface area (Å²) < 4.78 is 27.8. The van der Waals surface area contributed by atoms with Gasteiger partial charge in [-0.05, 0) is 17.7 Å². The lowest BCUT2D eigenvalue weighted by Crippen LogP contribution is -2.21. The second kappa shape index (κ2) is 6.02. The number of carbonyl (C=O) groups is 1. The molecule has 0 unspecified atom stereocenters. The van der Waals surface area contributed by atoms with Crippen molar-refractivity contribution in [3.63, 3.8) is 0 Å². The van der Waals surface area contributed by atoms with Gasteiger partial charge >= 0.3 is 12.6 Å². The number of ether oxygens (including phenoxy) is 1. The van der Waals surface area contributed by atoms with Crippen LogP contribution in [0.5, 0.6) is 5.75 Å². The Kier molecular flexibility index (Phi) is 4.65. The summed E-state index contributed by atoms with van der Waals surface area (Å²) in [6, 6.07) is 5.99. The maximum absolute atomic E-state index is 11.8. The molecule has 0 aliphatic carbocycles. The fourth-order valence-electron chi connectivity index (χ4n) is 1.10. The molecule has 88 valence electrons. The maximum Gasteiger partial charge on any atom is 0.387 e. The summed E-state index contributed by atoms with van der Waals surface area (Å²) in [6.45, 7) is -2.62. The third kappa shape index (κ3) is 4.70. The number of benzene rings is 1. The minimum absolute atomic E-state index is 0.0805. The molecule has 4 nitrogen and oxygen atoms in total. The molecule has 0 aromatic heterocycles. The molecule has 16 heavy (non-hydrogen) atoms. The molecule has 2 N–H and O–H groups in total. The van der Waals surface area contributed by atoms with E-state index in [9.17, 15) is 13.6 Å². The number of carboxylic acids is 1. The molecule has 0 bridgehead atoms. The van der Waals surface area contributed by atoms with Crippen molar-refractivity contribution in [1.29, 1.82) is 0 Å². The van der Waals surface area contributed by atoms with Crippen LogP contribution in [-0.4, -0.2) is 24.2 Å². The topological polar surface area (TPSA) is 58.6 Å². The summed E-state index contributed by atoms with van der Waals surface area (Å²) in [5.41, 5.74) is 0.794. The Morgan fingerprint density at radius 2 is 2.00 bits per heavy atom. The van der Waals surface area contributed by atoms with E-state index in [1.54, 1.807) is 12.1 Å². The predicted molar refractivity (Wildman–Crippen MR) is 52.4 cm³/mol. The maximum atomic E-state index is 11.8. The predicted octanol–water partition coefficient (Wildman–Crippen LogP) is 1.46. The van der Waals surface area contributed by atoms with E-state index in [0.717, 1.165) is 5.56 Å². The Hall–Kier alpha value is -1.69. The molecular weight excluding hydrogens is 220 g/mol. The van der Waals surface area contributed by atoms with Crippen molar-refractivity contribution in [2.24, 2.45) is 0 Å². The zero-order valence-corrected chi connectivity index (χ0v) is 8.32. The Morgan fingerprint density at radius 1 is 1.38 bits per heavy atom. The van der Waals surface area contributed by atoms with Gasteiger partial charge in [-0.1, -0.05) is 12.1 Å². The Labute approximate surface area is 90.8 Å². The molecule has 0 amide bonds.